The molecule has 2 aromatic heterocycles. The molecule has 1 N–H and O–H groups in total. The Labute approximate surface area is 114 Å². The fourth-order valence-electron chi connectivity index (χ4n) is 1.94. The second kappa shape index (κ2) is 6.21. The van der Waals surface area contributed by atoms with Gasteiger partial charge in [0.2, 0.25) is 0 Å². The maximum Gasteiger partial charge on any atom is 0.0566 e. The highest BCUT2D eigenvalue weighted by atomic mass is 32.1. The lowest BCUT2D eigenvalue weighted by Crippen LogP contribution is -2.23. The number of aryl methyl sites for hydroxylation is 1. The summed E-state index contributed by atoms with van der Waals surface area (Å²) in [6.45, 7) is 8.51. The number of nitrogens with one attached hydrogen (secondary N) is 1. The second-order valence-corrected chi connectivity index (χ2v) is 6.14. The lowest BCUT2D eigenvalue weighted by Gasteiger charge is -2.11. The molecule has 0 aliphatic heterocycles. The zero-order valence-corrected chi connectivity index (χ0v) is 12.3. The first-order valence-corrected chi connectivity index (χ1v) is 7.45. The van der Waals surface area contributed by atoms with E-state index in [2.05, 4.69) is 61.1 Å². The summed E-state index contributed by atoms with van der Waals surface area (Å²) >= 11 is 1.92. The van der Waals surface area contributed by atoms with Crippen LogP contribution >= 0.6 is 11.3 Å². The third-order valence-electron chi connectivity index (χ3n) is 3.01. The molecule has 0 saturated heterocycles. The second-order valence-electron chi connectivity index (χ2n) is 4.88. The first-order chi connectivity index (χ1) is 8.69. The number of aromatic nitrogens is 1. The van der Waals surface area contributed by atoms with E-state index in [1.165, 1.54) is 15.4 Å². The van der Waals surface area contributed by atoms with E-state index in [0.717, 1.165) is 19.5 Å². The maximum absolute atomic E-state index is 3.47. The minimum absolute atomic E-state index is 0.529. The third kappa shape index (κ3) is 3.47. The quantitative estimate of drug-likeness (QED) is 0.840. The average Bonchev–Trinajstić information content (AvgIpc) is 2.96. The van der Waals surface area contributed by atoms with Crippen molar-refractivity contribution >= 4 is 11.3 Å². The Morgan fingerprint density at radius 1 is 1.22 bits per heavy atom. The standard InChI is InChI=1S/C15H22N2S/c1-4-14-7-8-15(18-14)11-17-9-5-6-13(17)10-16-12(2)3/h5-9,12,16H,4,10-11H2,1-3H3. The molecule has 0 unspecified atom stereocenters. The van der Waals surface area contributed by atoms with Crippen LogP contribution < -0.4 is 5.32 Å². The summed E-state index contributed by atoms with van der Waals surface area (Å²) < 4.78 is 2.33. The van der Waals surface area contributed by atoms with Crippen LogP contribution in [0.25, 0.3) is 0 Å². The molecule has 0 fully saturated rings. The largest absolute Gasteiger partial charge is 0.345 e. The average molecular weight is 262 g/mol. The summed E-state index contributed by atoms with van der Waals surface area (Å²) in [5, 5.41) is 3.47. The Morgan fingerprint density at radius 3 is 2.67 bits per heavy atom. The Hall–Kier alpha value is -1.06. The van der Waals surface area contributed by atoms with Crippen molar-refractivity contribution in [2.45, 2.75) is 46.3 Å². The van der Waals surface area contributed by atoms with Gasteiger partial charge < -0.3 is 9.88 Å². The van der Waals surface area contributed by atoms with Crippen molar-refractivity contribution in [1.82, 2.24) is 9.88 Å². The molecule has 0 bridgehead atoms. The monoisotopic (exact) mass is 262 g/mol. The lowest BCUT2D eigenvalue weighted by atomic mass is 10.3. The van der Waals surface area contributed by atoms with Gasteiger partial charge in [0.25, 0.3) is 0 Å². The molecule has 0 radical (unpaired) electrons. The van der Waals surface area contributed by atoms with Crippen molar-refractivity contribution < 1.29 is 0 Å². The van der Waals surface area contributed by atoms with E-state index < -0.39 is 0 Å². The highest BCUT2D eigenvalue weighted by Crippen LogP contribution is 2.19. The van der Waals surface area contributed by atoms with Gasteiger partial charge in [-0.05, 0) is 30.7 Å². The minimum atomic E-state index is 0.529. The zero-order chi connectivity index (χ0) is 13.0. The van der Waals surface area contributed by atoms with Gasteiger partial charge in [-0.3, -0.25) is 0 Å². The van der Waals surface area contributed by atoms with E-state index in [9.17, 15) is 0 Å². The summed E-state index contributed by atoms with van der Waals surface area (Å²) in [5.41, 5.74) is 1.36. The van der Waals surface area contributed by atoms with Gasteiger partial charge in [-0.15, -0.1) is 11.3 Å². The van der Waals surface area contributed by atoms with Crippen LogP contribution in [0.5, 0.6) is 0 Å². The van der Waals surface area contributed by atoms with E-state index >= 15 is 0 Å². The van der Waals surface area contributed by atoms with Crippen molar-refractivity contribution in [1.29, 1.82) is 0 Å². The predicted octanol–water partition coefficient (Wildman–Crippen LogP) is 3.66. The molecule has 0 spiro atoms. The molecule has 3 heteroatoms. The molecule has 2 aromatic rings. The lowest BCUT2D eigenvalue weighted by molar-refractivity contribution is 0.565. The number of thiophene rings is 1. The number of hydrogen-bond acceptors (Lipinski definition) is 2. The normalized spacial score (nSPS) is 11.3. The summed E-state index contributed by atoms with van der Waals surface area (Å²) in [4.78, 5) is 2.91. The highest BCUT2D eigenvalue weighted by Gasteiger charge is 2.04. The van der Waals surface area contributed by atoms with Gasteiger partial charge >= 0.3 is 0 Å². The van der Waals surface area contributed by atoms with Crippen LogP contribution in [0.1, 0.15) is 36.2 Å². The van der Waals surface area contributed by atoms with Gasteiger partial charge in [0, 0.05) is 34.2 Å². The molecule has 0 atom stereocenters. The predicted molar refractivity (Wildman–Crippen MR) is 79.2 cm³/mol. The van der Waals surface area contributed by atoms with Crippen LogP contribution in [0.15, 0.2) is 30.5 Å². The number of hydrogen-bond donors (Lipinski definition) is 1. The summed E-state index contributed by atoms with van der Waals surface area (Å²) in [5.74, 6) is 0. The van der Waals surface area contributed by atoms with Gasteiger partial charge in [-0.25, -0.2) is 0 Å². The summed E-state index contributed by atoms with van der Waals surface area (Å²) in [7, 11) is 0. The van der Waals surface area contributed by atoms with Crippen LogP contribution in [0.4, 0.5) is 0 Å². The van der Waals surface area contributed by atoms with Crippen molar-refractivity contribution in [2.24, 2.45) is 0 Å². The van der Waals surface area contributed by atoms with Gasteiger partial charge in [0.05, 0.1) is 6.54 Å². The Bertz CT molecular complexity index is 482. The van der Waals surface area contributed by atoms with Crippen LogP contribution in [0, 0.1) is 0 Å². The fourth-order valence-corrected chi connectivity index (χ4v) is 2.90. The molecule has 0 aliphatic rings. The van der Waals surface area contributed by atoms with Gasteiger partial charge in [0.15, 0.2) is 0 Å². The molecular weight excluding hydrogens is 240 g/mol. The van der Waals surface area contributed by atoms with Crippen LogP contribution in [-0.2, 0) is 19.5 Å². The number of nitrogens with zero attached hydrogens (tertiary/aromatic N) is 1. The van der Waals surface area contributed by atoms with Crippen molar-refractivity contribution in [3.8, 4) is 0 Å². The van der Waals surface area contributed by atoms with Crippen LogP contribution in [0.3, 0.4) is 0 Å². The van der Waals surface area contributed by atoms with E-state index in [1.807, 2.05) is 11.3 Å². The van der Waals surface area contributed by atoms with E-state index in [1.54, 1.807) is 0 Å². The van der Waals surface area contributed by atoms with Crippen LogP contribution in [0.2, 0.25) is 0 Å². The molecular formula is C15H22N2S. The van der Waals surface area contributed by atoms with Gasteiger partial charge in [-0.1, -0.05) is 20.8 Å². The van der Waals surface area contributed by atoms with E-state index in [-0.39, 0.29) is 0 Å². The molecule has 0 aliphatic carbocycles. The molecule has 18 heavy (non-hydrogen) atoms. The van der Waals surface area contributed by atoms with Gasteiger partial charge in [-0.2, -0.15) is 0 Å². The summed E-state index contributed by atoms with van der Waals surface area (Å²) in [6, 6.07) is 9.36. The fraction of sp³-hybridized carbons (Fsp3) is 0.467. The Kier molecular flexibility index (Phi) is 4.61. The first-order valence-electron chi connectivity index (χ1n) is 6.64. The molecule has 0 aromatic carbocycles. The van der Waals surface area contributed by atoms with Crippen molar-refractivity contribution in [3.05, 3.63) is 45.9 Å². The smallest absolute Gasteiger partial charge is 0.0566 e. The molecule has 0 amide bonds. The van der Waals surface area contributed by atoms with Crippen molar-refractivity contribution in [2.75, 3.05) is 0 Å². The Morgan fingerprint density at radius 2 is 2.00 bits per heavy atom. The van der Waals surface area contributed by atoms with Crippen LogP contribution in [-0.4, -0.2) is 10.6 Å². The van der Waals surface area contributed by atoms with Gasteiger partial charge in [0.1, 0.15) is 0 Å². The molecule has 98 valence electrons. The van der Waals surface area contributed by atoms with E-state index in [4.69, 9.17) is 0 Å². The third-order valence-corrected chi connectivity index (χ3v) is 4.22. The first kappa shape index (κ1) is 13.4. The van der Waals surface area contributed by atoms with E-state index in [0.29, 0.717) is 6.04 Å². The molecule has 2 nitrogen and oxygen atoms in total. The number of rotatable bonds is 6. The Balaban J connectivity index is 2.02. The zero-order valence-electron chi connectivity index (χ0n) is 11.4. The topological polar surface area (TPSA) is 17.0 Å². The molecule has 2 rings (SSSR count). The maximum atomic E-state index is 3.47. The minimum Gasteiger partial charge on any atom is -0.345 e. The SMILES string of the molecule is CCc1ccc(Cn2cccc2CNC(C)C)s1. The summed E-state index contributed by atoms with van der Waals surface area (Å²) in [6.07, 6.45) is 3.31. The highest BCUT2D eigenvalue weighted by molar-refractivity contribution is 7.11. The van der Waals surface area contributed by atoms with Crippen molar-refractivity contribution in [3.63, 3.8) is 0 Å². The molecule has 2 heterocycles. The molecule has 0 saturated carbocycles.